The Hall–Kier alpha value is -1.64. The SMILES string of the molecule is CC(C)Cc1ccccc1[C@@H](C)C(=O)CC(=O)O. The van der Waals surface area contributed by atoms with E-state index in [1.807, 2.05) is 24.3 Å². The Morgan fingerprint density at radius 2 is 1.78 bits per heavy atom. The maximum absolute atomic E-state index is 11.8. The van der Waals surface area contributed by atoms with Gasteiger partial charge in [0.1, 0.15) is 6.42 Å². The lowest BCUT2D eigenvalue weighted by molar-refractivity contribution is -0.140. The van der Waals surface area contributed by atoms with Gasteiger partial charge in [-0.2, -0.15) is 0 Å². The number of carboxylic acids is 1. The normalized spacial score (nSPS) is 12.4. The largest absolute Gasteiger partial charge is 0.481 e. The Kier molecular flexibility index (Phi) is 5.08. The third-order valence-electron chi connectivity index (χ3n) is 2.96. The summed E-state index contributed by atoms with van der Waals surface area (Å²) in [5, 5.41) is 8.67. The molecule has 18 heavy (non-hydrogen) atoms. The number of hydrogen-bond donors (Lipinski definition) is 1. The average molecular weight is 248 g/mol. The molecule has 0 saturated carbocycles. The summed E-state index contributed by atoms with van der Waals surface area (Å²) in [4.78, 5) is 22.4. The summed E-state index contributed by atoms with van der Waals surface area (Å²) in [7, 11) is 0. The number of hydrogen-bond acceptors (Lipinski definition) is 2. The van der Waals surface area contributed by atoms with Gasteiger partial charge in [-0.25, -0.2) is 0 Å². The number of carbonyl (C=O) groups excluding carboxylic acids is 1. The molecular weight excluding hydrogens is 228 g/mol. The van der Waals surface area contributed by atoms with Crippen LogP contribution < -0.4 is 0 Å². The van der Waals surface area contributed by atoms with Crippen molar-refractivity contribution in [2.45, 2.75) is 39.5 Å². The summed E-state index contributed by atoms with van der Waals surface area (Å²) in [5.41, 5.74) is 2.09. The number of Topliss-reactive ketones (excluding diaryl/α,β-unsaturated/α-hetero) is 1. The van der Waals surface area contributed by atoms with Crippen molar-refractivity contribution in [3.8, 4) is 0 Å². The first-order valence-corrected chi connectivity index (χ1v) is 6.24. The summed E-state index contributed by atoms with van der Waals surface area (Å²) in [6, 6.07) is 7.78. The van der Waals surface area contributed by atoms with Crippen LogP contribution in [0.15, 0.2) is 24.3 Å². The Morgan fingerprint density at radius 1 is 1.17 bits per heavy atom. The first kappa shape index (κ1) is 14.4. The molecule has 1 atom stereocenters. The zero-order valence-corrected chi connectivity index (χ0v) is 11.1. The van der Waals surface area contributed by atoms with Crippen molar-refractivity contribution in [1.82, 2.24) is 0 Å². The molecule has 1 aromatic carbocycles. The van der Waals surface area contributed by atoms with Gasteiger partial charge in [0.2, 0.25) is 0 Å². The number of carbonyl (C=O) groups is 2. The highest BCUT2D eigenvalue weighted by atomic mass is 16.4. The molecule has 0 radical (unpaired) electrons. The van der Waals surface area contributed by atoms with Crippen LogP contribution in [-0.2, 0) is 16.0 Å². The molecule has 0 aliphatic heterocycles. The number of ketones is 1. The summed E-state index contributed by atoms with van der Waals surface area (Å²) >= 11 is 0. The maximum Gasteiger partial charge on any atom is 0.310 e. The number of aliphatic carboxylic acids is 1. The van der Waals surface area contributed by atoms with E-state index in [0.29, 0.717) is 5.92 Å². The van der Waals surface area contributed by atoms with E-state index in [0.717, 1.165) is 17.5 Å². The summed E-state index contributed by atoms with van der Waals surface area (Å²) in [5.74, 6) is -1.14. The maximum atomic E-state index is 11.8. The van der Waals surface area contributed by atoms with Gasteiger partial charge in [-0.05, 0) is 23.5 Å². The molecule has 0 aliphatic carbocycles. The van der Waals surface area contributed by atoms with Crippen molar-refractivity contribution >= 4 is 11.8 Å². The van der Waals surface area contributed by atoms with Crippen LogP contribution in [0.4, 0.5) is 0 Å². The standard InChI is InChI=1S/C15H20O3/c1-10(2)8-12-6-4-5-7-13(12)11(3)14(16)9-15(17)18/h4-7,10-11H,8-9H2,1-3H3,(H,17,18)/t11-/m1/s1. The molecule has 1 rings (SSSR count). The molecule has 0 amide bonds. The predicted molar refractivity (Wildman–Crippen MR) is 70.7 cm³/mol. The van der Waals surface area contributed by atoms with E-state index in [9.17, 15) is 9.59 Å². The second kappa shape index (κ2) is 6.34. The van der Waals surface area contributed by atoms with E-state index in [1.54, 1.807) is 6.92 Å². The fourth-order valence-corrected chi connectivity index (χ4v) is 2.06. The first-order chi connectivity index (χ1) is 8.41. The van der Waals surface area contributed by atoms with Crippen LogP contribution >= 0.6 is 0 Å². The molecule has 0 spiro atoms. The van der Waals surface area contributed by atoms with E-state index in [4.69, 9.17) is 5.11 Å². The summed E-state index contributed by atoms with van der Waals surface area (Å²) in [6.07, 6.45) is 0.498. The Balaban J connectivity index is 2.94. The van der Waals surface area contributed by atoms with Crippen LogP contribution in [0.25, 0.3) is 0 Å². The fourth-order valence-electron chi connectivity index (χ4n) is 2.06. The lowest BCUT2D eigenvalue weighted by Gasteiger charge is -2.16. The molecular formula is C15H20O3. The quantitative estimate of drug-likeness (QED) is 0.787. The van der Waals surface area contributed by atoms with Gasteiger partial charge in [0, 0.05) is 5.92 Å². The number of carboxylic acid groups (broad SMARTS) is 1. The van der Waals surface area contributed by atoms with Crippen molar-refractivity contribution in [2.75, 3.05) is 0 Å². The number of benzene rings is 1. The third-order valence-corrected chi connectivity index (χ3v) is 2.96. The molecule has 0 heterocycles. The third kappa shape index (κ3) is 3.99. The van der Waals surface area contributed by atoms with Gasteiger partial charge >= 0.3 is 5.97 Å². The van der Waals surface area contributed by atoms with Crippen LogP contribution in [0.1, 0.15) is 44.2 Å². The molecule has 0 aliphatic rings. The highest BCUT2D eigenvalue weighted by Crippen LogP contribution is 2.24. The highest BCUT2D eigenvalue weighted by Gasteiger charge is 2.20. The van der Waals surface area contributed by atoms with E-state index >= 15 is 0 Å². The summed E-state index contributed by atoms with van der Waals surface area (Å²) in [6.45, 7) is 6.03. The molecule has 0 saturated heterocycles. The Morgan fingerprint density at radius 3 is 2.33 bits per heavy atom. The van der Waals surface area contributed by atoms with Gasteiger partial charge < -0.3 is 5.11 Å². The second-order valence-corrected chi connectivity index (χ2v) is 5.06. The predicted octanol–water partition coefficient (Wildman–Crippen LogP) is 3.03. The molecule has 0 unspecified atom stereocenters. The minimum absolute atomic E-state index is 0.237. The molecule has 1 N–H and O–H groups in total. The van der Waals surface area contributed by atoms with Crippen molar-refractivity contribution < 1.29 is 14.7 Å². The van der Waals surface area contributed by atoms with E-state index < -0.39 is 12.4 Å². The molecule has 0 bridgehead atoms. The van der Waals surface area contributed by atoms with E-state index in [-0.39, 0.29) is 11.7 Å². The van der Waals surface area contributed by atoms with Gasteiger partial charge in [0.05, 0.1) is 0 Å². The minimum Gasteiger partial charge on any atom is -0.481 e. The Bertz CT molecular complexity index is 435. The smallest absolute Gasteiger partial charge is 0.310 e. The van der Waals surface area contributed by atoms with Crippen LogP contribution in [0, 0.1) is 5.92 Å². The van der Waals surface area contributed by atoms with Crippen LogP contribution in [0.3, 0.4) is 0 Å². The minimum atomic E-state index is -1.06. The van der Waals surface area contributed by atoms with Gasteiger partial charge in [0.15, 0.2) is 5.78 Å². The highest BCUT2D eigenvalue weighted by molar-refractivity contribution is 5.98. The zero-order valence-electron chi connectivity index (χ0n) is 11.1. The lowest BCUT2D eigenvalue weighted by atomic mass is 9.88. The van der Waals surface area contributed by atoms with Crippen LogP contribution in [0.2, 0.25) is 0 Å². The second-order valence-electron chi connectivity index (χ2n) is 5.06. The Labute approximate surface area is 108 Å². The summed E-state index contributed by atoms with van der Waals surface area (Å²) < 4.78 is 0. The molecule has 1 aromatic rings. The van der Waals surface area contributed by atoms with Gasteiger partial charge in [-0.1, -0.05) is 45.0 Å². The van der Waals surface area contributed by atoms with Gasteiger partial charge in [-0.15, -0.1) is 0 Å². The van der Waals surface area contributed by atoms with Crippen LogP contribution in [-0.4, -0.2) is 16.9 Å². The van der Waals surface area contributed by atoms with Crippen molar-refractivity contribution in [3.05, 3.63) is 35.4 Å². The van der Waals surface area contributed by atoms with Gasteiger partial charge in [0.25, 0.3) is 0 Å². The fraction of sp³-hybridized carbons (Fsp3) is 0.467. The number of rotatable bonds is 6. The van der Waals surface area contributed by atoms with E-state index in [2.05, 4.69) is 13.8 Å². The topological polar surface area (TPSA) is 54.4 Å². The molecule has 3 heteroatoms. The van der Waals surface area contributed by atoms with E-state index in [1.165, 1.54) is 0 Å². The average Bonchev–Trinajstić information content (AvgIpc) is 2.27. The lowest BCUT2D eigenvalue weighted by Crippen LogP contribution is -2.15. The first-order valence-electron chi connectivity index (χ1n) is 6.24. The zero-order chi connectivity index (χ0) is 13.7. The molecule has 3 nitrogen and oxygen atoms in total. The van der Waals surface area contributed by atoms with Crippen molar-refractivity contribution in [2.24, 2.45) is 5.92 Å². The van der Waals surface area contributed by atoms with Crippen molar-refractivity contribution in [1.29, 1.82) is 0 Å². The monoisotopic (exact) mass is 248 g/mol. The molecule has 98 valence electrons. The van der Waals surface area contributed by atoms with Crippen molar-refractivity contribution in [3.63, 3.8) is 0 Å². The molecule has 0 fully saturated rings. The molecule has 0 aromatic heterocycles. The van der Waals surface area contributed by atoms with Gasteiger partial charge in [-0.3, -0.25) is 9.59 Å². The van der Waals surface area contributed by atoms with Crippen LogP contribution in [0.5, 0.6) is 0 Å².